The molecule has 2 aliphatic rings. The largest absolute Gasteiger partial charge is 0.435 e. The average Bonchev–Trinajstić information content (AvgIpc) is 3.00. The van der Waals surface area contributed by atoms with E-state index in [-0.39, 0.29) is 11.9 Å². The zero-order chi connectivity index (χ0) is 15.4. The fourth-order valence-electron chi connectivity index (χ4n) is 3.05. The molecule has 1 aromatic rings. The van der Waals surface area contributed by atoms with E-state index in [0.29, 0.717) is 12.5 Å². The predicted octanol–water partition coefficient (Wildman–Crippen LogP) is 2.70. The molecule has 0 spiro atoms. The van der Waals surface area contributed by atoms with Gasteiger partial charge >= 0.3 is 6.61 Å². The molecular formula is C16H21F2NO3. The number of rotatable bonds is 5. The molecule has 0 aliphatic carbocycles. The fourth-order valence-corrected chi connectivity index (χ4v) is 3.05. The number of alkyl halides is 2. The summed E-state index contributed by atoms with van der Waals surface area (Å²) in [5.41, 5.74) is 0.880. The van der Waals surface area contributed by atoms with Crippen LogP contribution in [0.2, 0.25) is 0 Å². The number of hydrogen-bond acceptors (Lipinski definition) is 4. The summed E-state index contributed by atoms with van der Waals surface area (Å²) in [6.07, 6.45) is 1.01. The van der Waals surface area contributed by atoms with Gasteiger partial charge in [0.1, 0.15) is 5.75 Å². The smallest absolute Gasteiger partial charge is 0.387 e. The van der Waals surface area contributed by atoms with Crippen LogP contribution in [-0.2, 0) is 9.47 Å². The quantitative estimate of drug-likeness (QED) is 0.836. The van der Waals surface area contributed by atoms with Crippen molar-refractivity contribution in [3.8, 4) is 5.75 Å². The number of nitrogens with zero attached hydrogens (tertiary/aromatic N) is 1. The van der Waals surface area contributed by atoms with Crippen molar-refractivity contribution in [2.45, 2.75) is 19.1 Å². The standard InChI is InChI=1S/C16H21F2NO3/c17-16(18)22-14-3-1-2-13(8-14)15-10-19(5-7-21-15)9-12-4-6-20-11-12/h1-3,8,12,15-16H,4-7,9-11H2/t12-,15-/m1/s1. The third-order valence-corrected chi connectivity index (χ3v) is 4.15. The Kier molecular flexibility index (Phi) is 5.23. The van der Waals surface area contributed by atoms with Crippen LogP contribution in [0.5, 0.6) is 5.75 Å². The van der Waals surface area contributed by atoms with Gasteiger partial charge in [-0.25, -0.2) is 0 Å². The molecule has 0 bridgehead atoms. The first-order chi connectivity index (χ1) is 10.7. The Morgan fingerprint density at radius 2 is 2.23 bits per heavy atom. The highest BCUT2D eigenvalue weighted by Crippen LogP contribution is 2.27. The number of ether oxygens (including phenoxy) is 3. The Hall–Kier alpha value is -1.24. The maximum Gasteiger partial charge on any atom is 0.387 e. The Bertz CT molecular complexity index is 480. The van der Waals surface area contributed by atoms with E-state index in [4.69, 9.17) is 9.47 Å². The molecule has 2 saturated heterocycles. The molecule has 1 aromatic carbocycles. The van der Waals surface area contributed by atoms with Crippen molar-refractivity contribution in [3.63, 3.8) is 0 Å². The molecule has 2 atom stereocenters. The third kappa shape index (κ3) is 4.15. The van der Waals surface area contributed by atoms with Crippen LogP contribution in [0.25, 0.3) is 0 Å². The first-order valence-electron chi connectivity index (χ1n) is 7.67. The minimum Gasteiger partial charge on any atom is -0.435 e. The lowest BCUT2D eigenvalue weighted by Crippen LogP contribution is -2.41. The van der Waals surface area contributed by atoms with Crippen molar-refractivity contribution in [1.82, 2.24) is 4.90 Å². The minimum absolute atomic E-state index is 0.0997. The van der Waals surface area contributed by atoms with E-state index in [9.17, 15) is 8.78 Å². The van der Waals surface area contributed by atoms with Crippen LogP contribution in [0.4, 0.5) is 8.78 Å². The normalized spacial score (nSPS) is 26.5. The molecule has 0 saturated carbocycles. The molecule has 0 amide bonds. The molecule has 2 heterocycles. The van der Waals surface area contributed by atoms with Crippen LogP contribution in [0.15, 0.2) is 24.3 Å². The van der Waals surface area contributed by atoms with Crippen molar-refractivity contribution in [2.24, 2.45) is 5.92 Å². The maximum absolute atomic E-state index is 12.3. The first-order valence-corrected chi connectivity index (χ1v) is 7.67. The van der Waals surface area contributed by atoms with Crippen LogP contribution < -0.4 is 4.74 Å². The highest BCUT2D eigenvalue weighted by Gasteiger charge is 2.26. The second-order valence-corrected chi connectivity index (χ2v) is 5.80. The van der Waals surface area contributed by atoms with Crippen LogP contribution in [-0.4, -0.2) is 51.0 Å². The number of hydrogen-bond donors (Lipinski definition) is 0. The summed E-state index contributed by atoms with van der Waals surface area (Å²) in [6.45, 7) is 2.21. The molecule has 22 heavy (non-hydrogen) atoms. The van der Waals surface area contributed by atoms with Gasteiger partial charge in [0, 0.05) is 26.2 Å². The summed E-state index contributed by atoms with van der Waals surface area (Å²) >= 11 is 0. The van der Waals surface area contributed by atoms with Gasteiger partial charge in [0.2, 0.25) is 0 Å². The van der Waals surface area contributed by atoms with Gasteiger partial charge in [-0.3, -0.25) is 4.90 Å². The Morgan fingerprint density at radius 3 is 3.00 bits per heavy atom. The second kappa shape index (κ2) is 7.35. The lowest BCUT2D eigenvalue weighted by atomic mass is 10.0. The zero-order valence-electron chi connectivity index (χ0n) is 12.4. The Balaban J connectivity index is 1.61. The van der Waals surface area contributed by atoms with Gasteiger partial charge in [-0.1, -0.05) is 12.1 Å². The fraction of sp³-hybridized carbons (Fsp3) is 0.625. The molecule has 0 N–H and O–H groups in total. The predicted molar refractivity (Wildman–Crippen MR) is 77.1 cm³/mol. The lowest BCUT2D eigenvalue weighted by molar-refractivity contribution is -0.0510. The molecular weight excluding hydrogens is 292 g/mol. The van der Waals surface area contributed by atoms with Crippen molar-refractivity contribution >= 4 is 0 Å². The van der Waals surface area contributed by atoms with E-state index in [1.54, 1.807) is 12.1 Å². The van der Waals surface area contributed by atoms with Gasteiger partial charge in [-0.05, 0) is 30.0 Å². The van der Waals surface area contributed by atoms with E-state index >= 15 is 0 Å². The summed E-state index contributed by atoms with van der Waals surface area (Å²) in [7, 11) is 0. The van der Waals surface area contributed by atoms with E-state index in [0.717, 1.165) is 44.8 Å². The lowest BCUT2D eigenvalue weighted by Gasteiger charge is -2.34. The molecule has 0 radical (unpaired) electrons. The molecule has 122 valence electrons. The van der Waals surface area contributed by atoms with Crippen molar-refractivity contribution < 1.29 is 23.0 Å². The zero-order valence-corrected chi connectivity index (χ0v) is 12.4. The van der Waals surface area contributed by atoms with Crippen molar-refractivity contribution in [1.29, 1.82) is 0 Å². The maximum atomic E-state index is 12.3. The van der Waals surface area contributed by atoms with E-state index in [2.05, 4.69) is 9.64 Å². The number of halogens is 2. The van der Waals surface area contributed by atoms with E-state index in [1.165, 1.54) is 6.07 Å². The highest BCUT2D eigenvalue weighted by molar-refractivity contribution is 5.30. The van der Waals surface area contributed by atoms with Crippen LogP contribution in [0, 0.1) is 5.92 Å². The number of benzene rings is 1. The molecule has 0 unspecified atom stereocenters. The molecule has 0 aromatic heterocycles. The molecule has 6 heteroatoms. The van der Waals surface area contributed by atoms with Crippen molar-refractivity contribution in [3.05, 3.63) is 29.8 Å². The van der Waals surface area contributed by atoms with Crippen LogP contribution in [0.3, 0.4) is 0 Å². The SMILES string of the molecule is FC(F)Oc1cccc([C@H]2CN(C[C@H]3CCOC3)CCO2)c1. The monoisotopic (exact) mass is 313 g/mol. The Labute approximate surface area is 129 Å². The molecule has 2 fully saturated rings. The molecule has 3 rings (SSSR count). The van der Waals surface area contributed by atoms with Gasteiger partial charge in [0.25, 0.3) is 0 Å². The summed E-state index contributed by atoms with van der Waals surface area (Å²) in [6, 6.07) is 6.79. The summed E-state index contributed by atoms with van der Waals surface area (Å²) in [5, 5.41) is 0. The highest BCUT2D eigenvalue weighted by atomic mass is 19.3. The van der Waals surface area contributed by atoms with Gasteiger partial charge in [0.15, 0.2) is 0 Å². The third-order valence-electron chi connectivity index (χ3n) is 4.15. The van der Waals surface area contributed by atoms with Crippen LogP contribution >= 0.6 is 0 Å². The summed E-state index contributed by atoms with van der Waals surface area (Å²) < 4.78 is 40.3. The van der Waals surface area contributed by atoms with Gasteiger partial charge in [-0.2, -0.15) is 8.78 Å². The van der Waals surface area contributed by atoms with Gasteiger partial charge in [-0.15, -0.1) is 0 Å². The Morgan fingerprint density at radius 1 is 1.32 bits per heavy atom. The van der Waals surface area contributed by atoms with Crippen LogP contribution in [0.1, 0.15) is 18.1 Å². The second-order valence-electron chi connectivity index (χ2n) is 5.80. The van der Waals surface area contributed by atoms with E-state index in [1.807, 2.05) is 6.07 Å². The summed E-state index contributed by atoms with van der Waals surface area (Å²) in [4.78, 5) is 2.37. The molecule has 4 nitrogen and oxygen atoms in total. The topological polar surface area (TPSA) is 30.9 Å². The van der Waals surface area contributed by atoms with Gasteiger partial charge < -0.3 is 14.2 Å². The average molecular weight is 313 g/mol. The first kappa shape index (κ1) is 15.6. The van der Waals surface area contributed by atoms with Gasteiger partial charge in [0.05, 0.1) is 19.3 Å². The summed E-state index contributed by atoms with van der Waals surface area (Å²) in [5.74, 6) is 0.768. The van der Waals surface area contributed by atoms with E-state index < -0.39 is 6.61 Å². The van der Waals surface area contributed by atoms with Crippen molar-refractivity contribution in [2.75, 3.05) is 39.5 Å². The minimum atomic E-state index is -2.80. The molecule has 2 aliphatic heterocycles. The number of morpholine rings is 1.